The lowest BCUT2D eigenvalue weighted by Gasteiger charge is -2.16. The van der Waals surface area contributed by atoms with E-state index in [0.717, 1.165) is 12.0 Å². The molecule has 0 aliphatic rings. The maximum Gasteiger partial charge on any atom is 0.345 e. The maximum absolute atomic E-state index is 12.6. The first-order chi connectivity index (χ1) is 11.9. The summed E-state index contributed by atoms with van der Waals surface area (Å²) >= 11 is 0. The second-order valence-electron chi connectivity index (χ2n) is 6.95. The standard InChI is InChI=1S/C21H30O4/c1-6-10-18(17-11-8-7-9-12-17)19(20(22)24-13-15(2)3)21(23)25-14-16(4)5/h7-9,11-12,15-16H,6,10,13-14H2,1-5H3. The highest BCUT2D eigenvalue weighted by atomic mass is 16.6. The number of hydrogen-bond acceptors (Lipinski definition) is 4. The Kier molecular flexibility index (Phi) is 8.96. The zero-order valence-corrected chi connectivity index (χ0v) is 16.0. The van der Waals surface area contributed by atoms with Crippen molar-refractivity contribution in [2.24, 2.45) is 11.8 Å². The van der Waals surface area contributed by atoms with E-state index < -0.39 is 11.9 Å². The number of carbonyl (C=O) groups excluding carboxylic acids is 2. The summed E-state index contributed by atoms with van der Waals surface area (Å²) in [6.07, 6.45) is 1.41. The largest absolute Gasteiger partial charge is 0.462 e. The van der Waals surface area contributed by atoms with Crippen molar-refractivity contribution in [1.82, 2.24) is 0 Å². The first-order valence-electron chi connectivity index (χ1n) is 8.99. The van der Waals surface area contributed by atoms with Crippen LogP contribution in [-0.4, -0.2) is 25.2 Å². The molecule has 0 aliphatic carbocycles. The minimum absolute atomic E-state index is 0.0225. The minimum Gasteiger partial charge on any atom is -0.462 e. The van der Waals surface area contributed by atoms with Crippen molar-refractivity contribution in [3.05, 3.63) is 41.5 Å². The molecule has 4 nitrogen and oxygen atoms in total. The Morgan fingerprint density at radius 1 is 0.880 bits per heavy atom. The van der Waals surface area contributed by atoms with Gasteiger partial charge in [-0.1, -0.05) is 71.4 Å². The zero-order chi connectivity index (χ0) is 18.8. The van der Waals surface area contributed by atoms with Crippen molar-refractivity contribution in [2.45, 2.75) is 47.5 Å². The van der Waals surface area contributed by atoms with Crippen molar-refractivity contribution in [1.29, 1.82) is 0 Å². The number of allylic oxidation sites excluding steroid dienone is 1. The van der Waals surface area contributed by atoms with Gasteiger partial charge in [-0.15, -0.1) is 0 Å². The Hall–Kier alpha value is -2.10. The molecule has 0 spiro atoms. The second-order valence-corrected chi connectivity index (χ2v) is 6.95. The molecule has 0 saturated carbocycles. The van der Waals surface area contributed by atoms with Crippen LogP contribution in [0.25, 0.3) is 5.57 Å². The van der Waals surface area contributed by atoms with Gasteiger partial charge in [0.1, 0.15) is 5.57 Å². The monoisotopic (exact) mass is 346 g/mol. The smallest absolute Gasteiger partial charge is 0.345 e. The van der Waals surface area contributed by atoms with Crippen LogP contribution in [0.15, 0.2) is 35.9 Å². The van der Waals surface area contributed by atoms with Gasteiger partial charge in [0.25, 0.3) is 0 Å². The Morgan fingerprint density at radius 3 is 1.76 bits per heavy atom. The van der Waals surface area contributed by atoms with Gasteiger partial charge in [0, 0.05) is 0 Å². The average Bonchev–Trinajstić information content (AvgIpc) is 2.58. The topological polar surface area (TPSA) is 52.6 Å². The minimum atomic E-state index is -0.602. The first kappa shape index (κ1) is 20.9. The van der Waals surface area contributed by atoms with Gasteiger partial charge in [-0.05, 0) is 29.4 Å². The molecule has 1 rings (SSSR count). The van der Waals surface area contributed by atoms with E-state index in [1.54, 1.807) is 0 Å². The van der Waals surface area contributed by atoms with E-state index in [9.17, 15) is 9.59 Å². The fourth-order valence-electron chi connectivity index (χ4n) is 2.26. The SMILES string of the molecule is CCCC(=C(C(=O)OCC(C)C)C(=O)OCC(C)C)c1ccccc1. The van der Waals surface area contributed by atoms with Gasteiger partial charge in [-0.2, -0.15) is 0 Å². The van der Waals surface area contributed by atoms with E-state index in [4.69, 9.17) is 9.47 Å². The molecule has 0 atom stereocenters. The molecule has 0 aromatic heterocycles. The van der Waals surface area contributed by atoms with Gasteiger partial charge in [0.2, 0.25) is 0 Å². The molecule has 1 aromatic carbocycles. The van der Waals surface area contributed by atoms with Crippen molar-refractivity contribution < 1.29 is 19.1 Å². The summed E-state index contributed by atoms with van der Waals surface area (Å²) in [7, 11) is 0. The molecule has 25 heavy (non-hydrogen) atoms. The predicted octanol–water partition coefficient (Wildman–Crippen LogP) is 4.64. The summed E-state index contributed by atoms with van der Waals surface area (Å²) in [5.74, 6) is -0.809. The number of rotatable bonds is 9. The lowest BCUT2D eigenvalue weighted by Crippen LogP contribution is -2.23. The molecule has 0 N–H and O–H groups in total. The molecular weight excluding hydrogens is 316 g/mol. The molecule has 0 amide bonds. The molecule has 0 bridgehead atoms. The molecule has 0 saturated heterocycles. The van der Waals surface area contributed by atoms with Crippen LogP contribution in [0.1, 0.15) is 53.0 Å². The first-order valence-corrected chi connectivity index (χ1v) is 8.99. The molecule has 0 heterocycles. The van der Waals surface area contributed by atoms with Crippen molar-refractivity contribution in [2.75, 3.05) is 13.2 Å². The third-order valence-corrected chi connectivity index (χ3v) is 3.43. The zero-order valence-electron chi connectivity index (χ0n) is 16.0. The summed E-state index contributed by atoms with van der Waals surface area (Å²) in [6, 6.07) is 9.48. The van der Waals surface area contributed by atoms with E-state index in [0.29, 0.717) is 12.0 Å². The number of benzene rings is 1. The summed E-state index contributed by atoms with van der Waals surface area (Å²) in [6.45, 7) is 10.4. The van der Waals surface area contributed by atoms with E-state index in [1.807, 2.05) is 65.0 Å². The van der Waals surface area contributed by atoms with Crippen molar-refractivity contribution >= 4 is 17.5 Å². The van der Waals surface area contributed by atoms with Crippen LogP contribution in [0, 0.1) is 11.8 Å². The fraction of sp³-hybridized carbons (Fsp3) is 0.524. The third kappa shape index (κ3) is 7.12. The van der Waals surface area contributed by atoms with E-state index >= 15 is 0 Å². The van der Waals surface area contributed by atoms with Crippen molar-refractivity contribution in [3.8, 4) is 0 Å². The van der Waals surface area contributed by atoms with Gasteiger partial charge in [-0.25, -0.2) is 9.59 Å². The Balaban J connectivity index is 3.27. The van der Waals surface area contributed by atoms with Crippen LogP contribution in [0.4, 0.5) is 0 Å². The molecule has 0 aliphatic heterocycles. The molecule has 0 unspecified atom stereocenters. The van der Waals surface area contributed by atoms with Gasteiger partial charge in [-0.3, -0.25) is 0 Å². The maximum atomic E-state index is 12.6. The van der Waals surface area contributed by atoms with Gasteiger partial charge < -0.3 is 9.47 Å². The van der Waals surface area contributed by atoms with E-state index in [-0.39, 0.29) is 30.6 Å². The van der Waals surface area contributed by atoms with Crippen LogP contribution < -0.4 is 0 Å². The van der Waals surface area contributed by atoms with E-state index in [2.05, 4.69) is 0 Å². The van der Waals surface area contributed by atoms with Crippen LogP contribution in [0.2, 0.25) is 0 Å². The number of carbonyl (C=O) groups is 2. The lowest BCUT2D eigenvalue weighted by atomic mass is 9.95. The van der Waals surface area contributed by atoms with Crippen LogP contribution in [0.5, 0.6) is 0 Å². The molecule has 0 fully saturated rings. The average molecular weight is 346 g/mol. The van der Waals surface area contributed by atoms with E-state index in [1.165, 1.54) is 0 Å². The summed E-state index contributed by atoms with van der Waals surface area (Å²) in [5, 5.41) is 0. The summed E-state index contributed by atoms with van der Waals surface area (Å²) < 4.78 is 10.7. The Morgan fingerprint density at radius 2 is 1.36 bits per heavy atom. The highest BCUT2D eigenvalue weighted by Gasteiger charge is 2.27. The number of hydrogen-bond donors (Lipinski definition) is 0. The third-order valence-electron chi connectivity index (χ3n) is 3.43. The Bertz CT molecular complexity index is 559. The van der Waals surface area contributed by atoms with Crippen LogP contribution in [-0.2, 0) is 19.1 Å². The van der Waals surface area contributed by atoms with Gasteiger partial charge in [0.05, 0.1) is 13.2 Å². The highest BCUT2D eigenvalue weighted by Crippen LogP contribution is 2.26. The normalized spacial score (nSPS) is 10.7. The molecule has 0 radical (unpaired) electrons. The summed E-state index contributed by atoms with van der Waals surface area (Å²) in [4.78, 5) is 25.3. The van der Waals surface area contributed by atoms with Crippen LogP contribution >= 0.6 is 0 Å². The highest BCUT2D eigenvalue weighted by molar-refractivity contribution is 6.20. The molecule has 138 valence electrons. The van der Waals surface area contributed by atoms with Gasteiger partial charge >= 0.3 is 11.9 Å². The Labute approximate surface area is 151 Å². The fourth-order valence-corrected chi connectivity index (χ4v) is 2.26. The number of ether oxygens (including phenoxy) is 2. The predicted molar refractivity (Wildman–Crippen MR) is 99.9 cm³/mol. The summed E-state index contributed by atoms with van der Waals surface area (Å²) in [5.41, 5.74) is 1.56. The van der Waals surface area contributed by atoms with Crippen molar-refractivity contribution in [3.63, 3.8) is 0 Å². The second kappa shape index (κ2) is 10.7. The number of esters is 2. The van der Waals surface area contributed by atoms with Gasteiger partial charge in [0.15, 0.2) is 0 Å². The lowest BCUT2D eigenvalue weighted by molar-refractivity contribution is -0.148. The van der Waals surface area contributed by atoms with Crippen LogP contribution in [0.3, 0.4) is 0 Å². The molecular formula is C21H30O4. The molecule has 4 heteroatoms. The quantitative estimate of drug-likeness (QED) is 0.283. The molecule has 1 aromatic rings.